The molecule has 1 aromatic heterocycles. The number of carbonyl (C=O) groups is 1. The second kappa shape index (κ2) is 7.87. The minimum absolute atomic E-state index is 0.0451. The maximum atomic E-state index is 12.3. The topological polar surface area (TPSA) is 83.7 Å². The largest absolute Gasteiger partial charge is 0.496 e. The van der Waals surface area contributed by atoms with Crippen molar-refractivity contribution in [2.45, 2.75) is 13.3 Å². The van der Waals surface area contributed by atoms with Crippen molar-refractivity contribution in [3.8, 4) is 5.75 Å². The Morgan fingerprint density at radius 3 is 2.68 bits per heavy atom. The fourth-order valence-corrected chi connectivity index (χ4v) is 2.84. The molecular formula is C17H23N5O3. The summed E-state index contributed by atoms with van der Waals surface area (Å²) in [5, 5.41) is 10.8. The summed E-state index contributed by atoms with van der Waals surface area (Å²) in [5.74, 6) is 1.40. The molecule has 2 aromatic rings. The number of nitrogens with zero attached hydrogens (tertiary/aromatic N) is 4. The molecule has 0 atom stereocenters. The number of urea groups is 1. The molecule has 1 aliphatic rings. The number of nitrogens with one attached hydrogen (secondary N) is 1. The van der Waals surface area contributed by atoms with E-state index in [-0.39, 0.29) is 6.03 Å². The molecule has 0 unspecified atom stereocenters. The van der Waals surface area contributed by atoms with Crippen molar-refractivity contribution in [2.75, 3.05) is 44.7 Å². The molecule has 25 heavy (non-hydrogen) atoms. The second-order valence-corrected chi connectivity index (χ2v) is 5.87. The van der Waals surface area contributed by atoms with E-state index in [0.29, 0.717) is 44.6 Å². The average molecular weight is 345 g/mol. The van der Waals surface area contributed by atoms with Crippen molar-refractivity contribution in [2.24, 2.45) is 0 Å². The fourth-order valence-electron chi connectivity index (χ4n) is 2.84. The number of anilines is 1. The number of rotatable bonds is 5. The minimum Gasteiger partial charge on any atom is -0.496 e. The third kappa shape index (κ3) is 4.20. The lowest BCUT2D eigenvalue weighted by Gasteiger charge is -2.33. The number of ether oxygens (including phenoxy) is 1. The number of aromatic nitrogens is 2. The van der Waals surface area contributed by atoms with Crippen LogP contribution in [0.15, 0.2) is 28.7 Å². The predicted octanol–water partition coefficient (Wildman–Crippen LogP) is 1.46. The number of aryl methyl sites for hydroxylation is 1. The first-order chi connectivity index (χ1) is 12.2. The fraction of sp³-hybridized carbons (Fsp3) is 0.471. The lowest BCUT2D eigenvalue weighted by atomic mass is 10.1. The van der Waals surface area contributed by atoms with Crippen molar-refractivity contribution in [3.63, 3.8) is 0 Å². The molecule has 0 radical (unpaired) electrons. The predicted molar refractivity (Wildman–Crippen MR) is 92.9 cm³/mol. The minimum atomic E-state index is -0.0451. The number of para-hydroxylation sites is 1. The van der Waals surface area contributed by atoms with Crippen LogP contribution in [0.4, 0.5) is 10.8 Å². The monoisotopic (exact) mass is 345 g/mol. The Labute approximate surface area is 146 Å². The molecule has 0 spiro atoms. The third-order valence-corrected chi connectivity index (χ3v) is 4.22. The van der Waals surface area contributed by atoms with Gasteiger partial charge in [0, 0.05) is 39.6 Å². The molecule has 0 bridgehead atoms. The molecule has 0 saturated carbocycles. The molecule has 1 N–H and O–H groups in total. The normalized spacial score (nSPS) is 14.5. The number of hydrogen-bond donors (Lipinski definition) is 1. The molecule has 8 nitrogen and oxygen atoms in total. The van der Waals surface area contributed by atoms with Crippen molar-refractivity contribution in [3.05, 3.63) is 35.7 Å². The van der Waals surface area contributed by atoms with Crippen LogP contribution in [0, 0.1) is 6.92 Å². The van der Waals surface area contributed by atoms with E-state index in [1.54, 1.807) is 14.0 Å². The summed E-state index contributed by atoms with van der Waals surface area (Å²) in [6, 6.07) is 8.32. The zero-order valence-electron chi connectivity index (χ0n) is 14.6. The van der Waals surface area contributed by atoms with Gasteiger partial charge in [0.15, 0.2) is 0 Å². The molecule has 8 heteroatoms. The summed E-state index contributed by atoms with van der Waals surface area (Å²) in [5.41, 5.74) is 1.09. The van der Waals surface area contributed by atoms with E-state index in [9.17, 15) is 4.79 Å². The SMILES string of the molecule is COc1ccccc1CCNC(=O)N1CCN(c2nnc(C)o2)CC1. The molecule has 3 rings (SSSR count). The van der Waals surface area contributed by atoms with Crippen LogP contribution in [0.2, 0.25) is 0 Å². The Kier molecular flexibility index (Phi) is 5.37. The number of benzene rings is 1. The summed E-state index contributed by atoms with van der Waals surface area (Å²) >= 11 is 0. The van der Waals surface area contributed by atoms with E-state index in [1.807, 2.05) is 34.1 Å². The summed E-state index contributed by atoms with van der Waals surface area (Å²) in [6.45, 7) is 4.96. The average Bonchev–Trinajstić information content (AvgIpc) is 3.08. The molecule has 2 heterocycles. The van der Waals surface area contributed by atoms with Crippen LogP contribution in [0.1, 0.15) is 11.5 Å². The van der Waals surface area contributed by atoms with Crippen LogP contribution in [0.3, 0.4) is 0 Å². The number of carbonyl (C=O) groups excluding carboxylic acids is 1. The van der Waals surface area contributed by atoms with Crippen LogP contribution < -0.4 is 15.0 Å². The van der Waals surface area contributed by atoms with E-state index in [0.717, 1.165) is 17.7 Å². The molecular weight excluding hydrogens is 322 g/mol. The first-order valence-electron chi connectivity index (χ1n) is 8.37. The Morgan fingerprint density at radius 2 is 2.00 bits per heavy atom. The molecule has 1 aliphatic heterocycles. The van der Waals surface area contributed by atoms with Gasteiger partial charge in [0.2, 0.25) is 5.89 Å². The number of methoxy groups -OCH3 is 1. The van der Waals surface area contributed by atoms with E-state index in [2.05, 4.69) is 15.5 Å². The van der Waals surface area contributed by atoms with Crippen LogP contribution in [0.25, 0.3) is 0 Å². The molecule has 134 valence electrons. The summed E-state index contributed by atoms with van der Waals surface area (Å²) in [4.78, 5) is 16.1. The third-order valence-electron chi connectivity index (χ3n) is 4.22. The molecule has 0 aliphatic carbocycles. The summed E-state index contributed by atoms with van der Waals surface area (Å²) < 4.78 is 10.8. The lowest BCUT2D eigenvalue weighted by molar-refractivity contribution is 0.193. The van der Waals surface area contributed by atoms with E-state index >= 15 is 0 Å². The Hall–Kier alpha value is -2.77. The lowest BCUT2D eigenvalue weighted by Crippen LogP contribution is -2.52. The zero-order chi connectivity index (χ0) is 17.6. The molecule has 1 aromatic carbocycles. The highest BCUT2D eigenvalue weighted by Gasteiger charge is 2.23. The highest BCUT2D eigenvalue weighted by Crippen LogP contribution is 2.17. The van der Waals surface area contributed by atoms with Crippen molar-refractivity contribution >= 4 is 12.0 Å². The van der Waals surface area contributed by atoms with Crippen LogP contribution >= 0.6 is 0 Å². The second-order valence-electron chi connectivity index (χ2n) is 5.87. The highest BCUT2D eigenvalue weighted by molar-refractivity contribution is 5.74. The number of amides is 2. The van der Waals surface area contributed by atoms with E-state index in [1.165, 1.54) is 0 Å². The Bertz CT molecular complexity index is 710. The van der Waals surface area contributed by atoms with Crippen molar-refractivity contribution < 1.29 is 13.9 Å². The smallest absolute Gasteiger partial charge is 0.318 e. The summed E-state index contributed by atoms with van der Waals surface area (Å²) in [6.07, 6.45) is 0.733. The van der Waals surface area contributed by atoms with E-state index in [4.69, 9.17) is 9.15 Å². The molecule has 1 fully saturated rings. The van der Waals surface area contributed by atoms with Gasteiger partial charge >= 0.3 is 12.0 Å². The van der Waals surface area contributed by atoms with Crippen LogP contribution in [-0.2, 0) is 6.42 Å². The van der Waals surface area contributed by atoms with Gasteiger partial charge in [-0.3, -0.25) is 0 Å². The van der Waals surface area contributed by atoms with Crippen LogP contribution in [0.5, 0.6) is 5.75 Å². The van der Waals surface area contributed by atoms with Gasteiger partial charge in [0.25, 0.3) is 0 Å². The summed E-state index contributed by atoms with van der Waals surface area (Å²) in [7, 11) is 1.65. The van der Waals surface area contributed by atoms with E-state index < -0.39 is 0 Å². The maximum Gasteiger partial charge on any atom is 0.318 e. The maximum absolute atomic E-state index is 12.3. The standard InChI is InChI=1S/C17H23N5O3/c1-13-19-20-17(25-13)22-11-9-21(10-12-22)16(23)18-8-7-14-5-3-4-6-15(14)24-2/h3-6H,7-12H2,1-2H3,(H,18,23). The van der Waals surface area contributed by atoms with Gasteiger partial charge < -0.3 is 24.3 Å². The zero-order valence-corrected chi connectivity index (χ0v) is 14.6. The molecule has 1 saturated heterocycles. The quantitative estimate of drug-likeness (QED) is 0.883. The first kappa shape index (κ1) is 17.1. The van der Waals surface area contributed by atoms with Gasteiger partial charge in [-0.1, -0.05) is 23.3 Å². The van der Waals surface area contributed by atoms with Gasteiger partial charge in [-0.05, 0) is 18.1 Å². The van der Waals surface area contributed by atoms with Crippen LogP contribution in [-0.4, -0.2) is 61.0 Å². The van der Waals surface area contributed by atoms with Gasteiger partial charge in [-0.25, -0.2) is 4.79 Å². The Balaban J connectivity index is 1.43. The van der Waals surface area contributed by atoms with Gasteiger partial charge in [0.05, 0.1) is 7.11 Å². The Morgan fingerprint density at radius 1 is 1.24 bits per heavy atom. The van der Waals surface area contributed by atoms with Crippen molar-refractivity contribution in [1.29, 1.82) is 0 Å². The van der Waals surface area contributed by atoms with Gasteiger partial charge in [-0.2, -0.15) is 0 Å². The van der Waals surface area contributed by atoms with Gasteiger partial charge in [0.1, 0.15) is 5.75 Å². The number of piperazine rings is 1. The van der Waals surface area contributed by atoms with Gasteiger partial charge in [-0.15, -0.1) is 5.10 Å². The molecule has 2 amide bonds. The first-order valence-corrected chi connectivity index (χ1v) is 8.37. The highest BCUT2D eigenvalue weighted by atomic mass is 16.5. The van der Waals surface area contributed by atoms with Crippen molar-refractivity contribution in [1.82, 2.24) is 20.4 Å². The number of hydrogen-bond acceptors (Lipinski definition) is 6.